The highest BCUT2D eigenvalue weighted by atomic mass is 16.6. The molecule has 0 spiro atoms. The van der Waals surface area contributed by atoms with Gasteiger partial charge in [-0.3, -0.25) is 14.9 Å². The number of aromatic carboxylic acids is 1. The first-order valence-electron chi connectivity index (χ1n) is 8.05. The normalized spacial score (nSPS) is 10.2. The maximum Gasteiger partial charge on any atom is 0.336 e. The number of nitrogens with one attached hydrogen (secondary N) is 1. The van der Waals surface area contributed by atoms with Crippen molar-refractivity contribution in [2.24, 2.45) is 0 Å². The highest BCUT2D eigenvalue weighted by molar-refractivity contribution is 6.11. The van der Waals surface area contributed by atoms with Crippen molar-refractivity contribution in [2.75, 3.05) is 23.3 Å². The van der Waals surface area contributed by atoms with E-state index in [1.807, 2.05) is 26.0 Å². The summed E-state index contributed by atoms with van der Waals surface area (Å²) < 4.78 is 0. The summed E-state index contributed by atoms with van der Waals surface area (Å²) in [6, 6.07) is 10.3. The number of anilines is 2. The average Bonchev–Trinajstić information content (AvgIpc) is 2.63. The molecule has 8 heteroatoms. The van der Waals surface area contributed by atoms with Crippen molar-refractivity contribution in [3.8, 4) is 0 Å². The van der Waals surface area contributed by atoms with Crippen LogP contribution < -0.4 is 10.2 Å². The van der Waals surface area contributed by atoms with Gasteiger partial charge in [-0.2, -0.15) is 0 Å². The molecule has 0 bridgehead atoms. The van der Waals surface area contributed by atoms with E-state index in [9.17, 15) is 24.8 Å². The third kappa shape index (κ3) is 4.15. The molecule has 0 heterocycles. The SMILES string of the molecule is CCN(CC)c1ccc(NC(=O)c2ccc([N+](=O)[O-])cc2C(=O)O)cc1. The van der Waals surface area contributed by atoms with E-state index in [1.54, 1.807) is 12.1 Å². The average molecular weight is 357 g/mol. The predicted octanol–water partition coefficient (Wildman–Crippen LogP) is 3.39. The summed E-state index contributed by atoms with van der Waals surface area (Å²) in [5.74, 6) is -2.05. The molecule has 136 valence electrons. The molecular formula is C18H19N3O5. The molecule has 0 unspecified atom stereocenters. The first kappa shape index (κ1) is 18.9. The van der Waals surface area contributed by atoms with Gasteiger partial charge in [-0.15, -0.1) is 0 Å². The fraction of sp³-hybridized carbons (Fsp3) is 0.222. The predicted molar refractivity (Wildman–Crippen MR) is 98.0 cm³/mol. The van der Waals surface area contributed by atoms with E-state index in [0.717, 1.165) is 37.0 Å². The van der Waals surface area contributed by atoms with Crippen LogP contribution in [0.25, 0.3) is 0 Å². The number of hydrogen-bond donors (Lipinski definition) is 2. The van der Waals surface area contributed by atoms with Crippen molar-refractivity contribution in [3.05, 3.63) is 63.7 Å². The summed E-state index contributed by atoms with van der Waals surface area (Å²) in [5.41, 5.74) is 0.560. The minimum atomic E-state index is -1.41. The molecular weight excluding hydrogens is 338 g/mol. The zero-order valence-electron chi connectivity index (χ0n) is 14.4. The first-order chi connectivity index (χ1) is 12.4. The zero-order valence-corrected chi connectivity index (χ0v) is 14.4. The standard InChI is InChI=1S/C18H19N3O5/c1-3-20(4-2)13-7-5-12(6-8-13)19-17(22)15-10-9-14(21(25)26)11-16(15)18(23)24/h5-11H,3-4H2,1-2H3,(H,19,22)(H,23,24). The Morgan fingerprint density at radius 2 is 1.69 bits per heavy atom. The van der Waals surface area contributed by atoms with Crippen LogP contribution in [0.1, 0.15) is 34.6 Å². The second kappa shape index (κ2) is 8.11. The molecule has 2 aromatic rings. The largest absolute Gasteiger partial charge is 0.478 e. The number of rotatable bonds is 7. The first-order valence-corrected chi connectivity index (χ1v) is 8.05. The van der Waals surface area contributed by atoms with Crippen molar-refractivity contribution in [1.29, 1.82) is 0 Å². The molecule has 0 saturated carbocycles. The Kier molecular flexibility index (Phi) is 5.90. The molecule has 0 aromatic heterocycles. The second-order valence-corrected chi connectivity index (χ2v) is 5.47. The summed E-state index contributed by atoms with van der Waals surface area (Å²) in [6.07, 6.45) is 0. The molecule has 0 fully saturated rings. The topological polar surface area (TPSA) is 113 Å². The lowest BCUT2D eigenvalue weighted by molar-refractivity contribution is -0.384. The summed E-state index contributed by atoms with van der Waals surface area (Å²) in [5, 5.41) is 22.6. The Hall–Kier alpha value is -3.42. The Morgan fingerprint density at radius 3 is 2.19 bits per heavy atom. The van der Waals surface area contributed by atoms with Crippen LogP contribution >= 0.6 is 0 Å². The fourth-order valence-electron chi connectivity index (χ4n) is 2.56. The van der Waals surface area contributed by atoms with Crippen LogP contribution in [0.3, 0.4) is 0 Å². The number of hydrogen-bond acceptors (Lipinski definition) is 5. The van der Waals surface area contributed by atoms with Gasteiger partial charge in [0.25, 0.3) is 11.6 Å². The smallest absolute Gasteiger partial charge is 0.336 e. The van der Waals surface area contributed by atoms with Gasteiger partial charge in [0.1, 0.15) is 0 Å². The number of non-ortho nitro benzene ring substituents is 1. The number of carboxylic acids is 1. The molecule has 0 radical (unpaired) electrons. The van der Waals surface area contributed by atoms with E-state index in [4.69, 9.17) is 0 Å². The fourth-order valence-corrected chi connectivity index (χ4v) is 2.56. The minimum Gasteiger partial charge on any atom is -0.478 e. The van der Waals surface area contributed by atoms with Gasteiger partial charge < -0.3 is 15.3 Å². The second-order valence-electron chi connectivity index (χ2n) is 5.47. The van der Waals surface area contributed by atoms with Gasteiger partial charge in [0.05, 0.1) is 16.1 Å². The van der Waals surface area contributed by atoms with Crippen molar-refractivity contribution < 1.29 is 19.6 Å². The van der Waals surface area contributed by atoms with Gasteiger partial charge in [0.15, 0.2) is 0 Å². The van der Waals surface area contributed by atoms with Crippen LogP contribution in [-0.2, 0) is 0 Å². The number of amides is 1. The molecule has 0 saturated heterocycles. The van der Waals surface area contributed by atoms with Gasteiger partial charge >= 0.3 is 5.97 Å². The van der Waals surface area contributed by atoms with Crippen LogP contribution in [-0.4, -0.2) is 35.0 Å². The quantitative estimate of drug-likeness (QED) is 0.580. The van der Waals surface area contributed by atoms with E-state index in [-0.39, 0.29) is 11.3 Å². The maximum absolute atomic E-state index is 12.4. The monoisotopic (exact) mass is 357 g/mol. The highest BCUT2D eigenvalue weighted by Gasteiger charge is 2.20. The van der Waals surface area contributed by atoms with E-state index in [2.05, 4.69) is 10.2 Å². The lowest BCUT2D eigenvalue weighted by Crippen LogP contribution is -2.21. The molecule has 2 rings (SSSR count). The molecule has 1 amide bonds. The van der Waals surface area contributed by atoms with Gasteiger partial charge in [0.2, 0.25) is 0 Å². The van der Waals surface area contributed by atoms with E-state index in [0.29, 0.717) is 5.69 Å². The van der Waals surface area contributed by atoms with Crippen molar-refractivity contribution in [2.45, 2.75) is 13.8 Å². The number of carbonyl (C=O) groups excluding carboxylic acids is 1. The molecule has 0 aliphatic carbocycles. The zero-order chi connectivity index (χ0) is 19.3. The Labute approximate surface area is 150 Å². The molecule has 8 nitrogen and oxygen atoms in total. The number of nitro groups is 1. The Bertz CT molecular complexity index is 829. The molecule has 0 aliphatic heterocycles. The summed E-state index contributed by atoms with van der Waals surface area (Å²) in [7, 11) is 0. The molecule has 2 N–H and O–H groups in total. The third-order valence-electron chi connectivity index (χ3n) is 3.94. The van der Waals surface area contributed by atoms with E-state index in [1.165, 1.54) is 0 Å². The number of carbonyl (C=O) groups is 2. The molecule has 0 aliphatic rings. The summed E-state index contributed by atoms with van der Waals surface area (Å²) in [4.78, 5) is 36.0. The number of benzene rings is 2. The Balaban J connectivity index is 2.24. The molecule has 26 heavy (non-hydrogen) atoms. The minimum absolute atomic E-state index is 0.143. The van der Waals surface area contributed by atoms with Gasteiger partial charge in [0, 0.05) is 36.6 Å². The lowest BCUT2D eigenvalue weighted by Gasteiger charge is -2.21. The molecule has 2 aromatic carbocycles. The Morgan fingerprint density at radius 1 is 1.08 bits per heavy atom. The van der Waals surface area contributed by atoms with Crippen molar-refractivity contribution in [3.63, 3.8) is 0 Å². The molecule has 0 atom stereocenters. The van der Waals surface area contributed by atoms with Crippen LogP contribution in [0, 0.1) is 10.1 Å². The summed E-state index contributed by atoms with van der Waals surface area (Å²) >= 11 is 0. The van der Waals surface area contributed by atoms with Gasteiger partial charge in [-0.05, 0) is 44.2 Å². The lowest BCUT2D eigenvalue weighted by atomic mass is 10.1. The summed E-state index contributed by atoms with van der Waals surface area (Å²) in [6.45, 7) is 5.79. The van der Waals surface area contributed by atoms with Gasteiger partial charge in [-0.25, -0.2) is 4.79 Å². The van der Waals surface area contributed by atoms with Gasteiger partial charge in [-0.1, -0.05) is 0 Å². The van der Waals surface area contributed by atoms with Crippen LogP contribution in [0.2, 0.25) is 0 Å². The van der Waals surface area contributed by atoms with E-state index < -0.39 is 22.4 Å². The van der Waals surface area contributed by atoms with Crippen molar-refractivity contribution in [1.82, 2.24) is 0 Å². The van der Waals surface area contributed by atoms with Crippen LogP contribution in [0.5, 0.6) is 0 Å². The number of nitrogens with zero attached hydrogens (tertiary/aromatic N) is 2. The van der Waals surface area contributed by atoms with E-state index >= 15 is 0 Å². The highest BCUT2D eigenvalue weighted by Crippen LogP contribution is 2.21. The van der Waals surface area contributed by atoms with Crippen LogP contribution in [0.4, 0.5) is 17.1 Å². The van der Waals surface area contributed by atoms with Crippen LogP contribution in [0.15, 0.2) is 42.5 Å². The number of carboxylic acid groups (broad SMARTS) is 1. The maximum atomic E-state index is 12.4. The number of nitro benzene ring substituents is 1. The van der Waals surface area contributed by atoms with Crippen molar-refractivity contribution >= 4 is 28.9 Å². The third-order valence-corrected chi connectivity index (χ3v) is 3.94.